The number of halogens is 2. The Labute approximate surface area is 128 Å². The number of nitrogens with zero attached hydrogens (tertiary/aromatic N) is 3. The van der Waals surface area contributed by atoms with E-state index in [1.807, 2.05) is 40.8 Å². The summed E-state index contributed by atoms with van der Waals surface area (Å²) in [4.78, 5) is 11.8. The quantitative estimate of drug-likeness (QED) is 0.499. The Morgan fingerprint density at radius 3 is 2.89 bits per heavy atom. The van der Waals surface area contributed by atoms with Gasteiger partial charge in [-0.3, -0.25) is 9.48 Å². The van der Waals surface area contributed by atoms with E-state index in [-0.39, 0.29) is 5.91 Å². The van der Waals surface area contributed by atoms with E-state index >= 15 is 0 Å². The molecule has 0 aliphatic carbocycles. The van der Waals surface area contributed by atoms with Gasteiger partial charge >= 0.3 is 0 Å². The predicted octanol–water partition coefficient (Wildman–Crippen LogP) is 2.44. The maximum Gasteiger partial charge on any atom is 0.292 e. The average molecular weight is 389 g/mol. The van der Waals surface area contributed by atoms with E-state index in [9.17, 15) is 4.79 Å². The van der Waals surface area contributed by atoms with Crippen molar-refractivity contribution < 1.29 is 4.79 Å². The number of amides is 1. The van der Waals surface area contributed by atoms with Crippen molar-refractivity contribution in [1.82, 2.24) is 15.2 Å². The third-order valence-corrected chi connectivity index (χ3v) is 3.41. The van der Waals surface area contributed by atoms with E-state index in [1.54, 1.807) is 24.0 Å². The molecule has 5 nitrogen and oxygen atoms in total. The van der Waals surface area contributed by atoms with Gasteiger partial charge < -0.3 is 0 Å². The second-order valence-electron chi connectivity index (χ2n) is 3.72. The minimum absolute atomic E-state index is 0.347. The number of nitrogens with one attached hydrogen (secondary N) is 1. The molecule has 2 rings (SSSR count). The van der Waals surface area contributed by atoms with Crippen molar-refractivity contribution >= 4 is 46.3 Å². The SMILES string of the molecule is Cn1cc(I)c(C(=O)N/N=C/c2ccccc2Cl)n1. The smallest absolute Gasteiger partial charge is 0.274 e. The van der Waals surface area contributed by atoms with Crippen molar-refractivity contribution in [3.63, 3.8) is 0 Å². The van der Waals surface area contributed by atoms with Gasteiger partial charge in [0.15, 0.2) is 5.69 Å². The molecular formula is C12H10ClIN4O. The number of carbonyl (C=O) groups is 1. The zero-order valence-corrected chi connectivity index (χ0v) is 12.9. The van der Waals surface area contributed by atoms with Crippen LogP contribution in [-0.2, 0) is 7.05 Å². The van der Waals surface area contributed by atoms with Crippen LogP contribution >= 0.6 is 34.2 Å². The number of hydrazone groups is 1. The molecule has 1 aromatic carbocycles. The molecule has 1 amide bonds. The van der Waals surface area contributed by atoms with Crippen LogP contribution in [0.25, 0.3) is 0 Å². The van der Waals surface area contributed by atoms with Gasteiger partial charge in [-0.05, 0) is 28.7 Å². The van der Waals surface area contributed by atoms with Crippen LogP contribution in [0.2, 0.25) is 5.02 Å². The zero-order valence-electron chi connectivity index (χ0n) is 9.97. The van der Waals surface area contributed by atoms with Crippen molar-refractivity contribution in [2.24, 2.45) is 12.1 Å². The molecule has 19 heavy (non-hydrogen) atoms. The summed E-state index contributed by atoms with van der Waals surface area (Å²) in [5, 5.41) is 8.49. The minimum atomic E-state index is -0.353. The molecule has 7 heteroatoms. The summed E-state index contributed by atoms with van der Waals surface area (Å²) in [6.45, 7) is 0. The fraction of sp³-hybridized carbons (Fsp3) is 0.0833. The lowest BCUT2D eigenvalue weighted by Crippen LogP contribution is -2.19. The monoisotopic (exact) mass is 388 g/mol. The van der Waals surface area contributed by atoms with Gasteiger partial charge in [0, 0.05) is 23.8 Å². The van der Waals surface area contributed by atoms with Crippen LogP contribution < -0.4 is 5.43 Å². The molecule has 0 aliphatic heterocycles. The van der Waals surface area contributed by atoms with Crippen LogP contribution in [-0.4, -0.2) is 21.9 Å². The summed E-state index contributed by atoms with van der Waals surface area (Å²) < 4.78 is 2.35. The van der Waals surface area contributed by atoms with E-state index < -0.39 is 0 Å². The third-order valence-electron chi connectivity index (χ3n) is 2.27. The maximum absolute atomic E-state index is 11.8. The molecule has 0 fully saturated rings. The fourth-order valence-corrected chi connectivity index (χ4v) is 2.35. The van der Waals surface area contributed by atoms with Gasteiger partial charge in [0.05, 0.1) is 9.78 Å². The van der Waals surface area contributed by atoms with Gasteiger partial charge in [0.2, 0.25) is 0 Å². The highest BCUT2D eigenvalue weighted by Crippen LogP contribution is 2.12. The molecule has 1 heterocycles. The van der Waals surface area contributed by atoms with Crippen molar-refractivity contribution in [3.8, 4) is 0 Å². The van der Waals surface area contributed by atoms with Crippen LogP contribution in [0.4, 0.5) is 0 Å². The number of benzene rings is 1. The van der Waals surface area contributed by atoms with E-state index in [2.05, 4.69) is 15.6 Å². The summed E-state index contributed by atoms with van der Waals surface area (Å²) in [6.07, 6.45) is 3.25. The Hall–Kier alpha value is -1.41. The van der Waals surface area contributed by atoms with Crippen LogP contribution in [0.1, 0.15) is 16.1 Å². The molecule has 0 radical (unpaired) electrons. The van der Waals surface area contributed by atoms with E-state index in [0.29, 0.717) is 10.7 Å². The number of aryl methyl sites for hydroxylation is 1. The molecule has 98 valence electrons. The number of hydrogen-bond donors (Lipinski definition) is 1. The van der Waals surface area contributed by atoms with Crippen molar-refractivity contribution in [3.05, 3.63) is 50.3 Å². The Balaban J connectivity index is 2.05. The number of carbonyl (C=O) groups excluding carboxylic acids is 1. The van der Waals surface area contributed by atoms with Crippen molar-refractivity contribution in [2.45, 2.75) is 0 Å². The summed E-state index contributed by atoms with van der Waals surface area (Å²) >= 11 is 8.01. The van der Waals surface area contributed by atoms with Gasteiger partial charge in [0.1, 0.15) is 0 Å². The first kappa shape index (κ1) is 14.0. The number of rotatable bonds is 3. The first-order valence-corrected chi connectivity index (χ1v) is 6.80. The predicted molar refractivity (Wildman–Crippen MR) is 82.4 cm³/mol. The molecule has 0 aliphatic rings. The minimum Gasteiger partial charge on any atom is -0.274 e. The molecule has 0 saturated heterocycles. The standard InChI is InChI=1S/C12H10ClIN4O/c1-18-7-10(14)11(17-18)12(19)16-15-6-8-4-2-3-5-9(8)13/h2-7H,1H3,(H,16,19)/b15-6+. The molecule has 0 atom stereocenters. The summed E-state index contributed by atoms with van der Waals surface area (Å²) in [7, 11) is 1.76. The van der Waals surface area contributed by atoms with E-state index in [1.165, 1.54) is 6.21 Å². The lowest BCUT2D eigenvalue weighted by molar-refractivity contribution is 0.0948. The number of aromatic nitrogens is 2. The molecule has 0 spiro atoms. The largest absolute Gasteiger partial charge is 0.292 e. The Morgan fingerprint density at radius 2 is 2.26 bits per heavy atom. The highest BCUT2D eigenvalue weighted by Gasteiger charge is 2.13. The van der Waals surface area contributed by atoms with Crippen LogP contribution in [0.5, 0.6) is 0 Å². The van der Waals surface area contributed by atoms with Crippen molar-refractivity contribution in [2.75, 3.05) is 0 Å². The normalized spacial score (nSPS) is 10.9. The van der Waals surface area contributed by atoms with Crippen LogP contribution in [0, 0.1) is 3.57 Å². The summed E-state index contributed by atoms with van der Waals surface area (Å²) in [5.74, 6) is -0.353. The van der Waals surface area contributed by atoms with Crippen LogP contribution in [0.15, 0.2) is 35.6 Å². The Bertz CT molecular complexity index is 638. The maximum atomic E-state index is 11.8. The summed E-state index contributed by atoms with van der Waals surface area (Å²) in [6, 6.07) is 7.24. The molecule has 2 aromatic rings. The highest BCUT2D eigenvalue weighted by atomic mass is 127. The fourth-order valence-electron chi connectivity index (χ4n) is 1.41. The van der Waals surface area contributed by atoms with Gasteiger partial charge in [-0.25, -0.2) is 5.43 Å². The lowest BCUT2D eigenvalue weighted by atomic mass is 10.2. The van der Waals surface area contributed by atoms with E-state index in [4.69, 9.17) is 11.6 Å². The first-order chi connectivity index (χ1) is 9.08. The number of hydrogen-bond acceptors (Lipinski definition) is 3. The molecule has 1 N–H and O–H groups in total. The lowest BCUT2D eigenvalue weighted by Gasteiger charge is -1.98. The second kappa shape index (κ2) is 6.16. The molecule has 0 saturated carbocycles. The van der Waals surface area contributed by atoms with Gasteiger partial charge in [-0.15, -0.1) is 0 Å². The third kappa shape index (κ3) is 3.54. The highest BCUT2D eigenvalue weighted by molar-refractivity contribution is 14.1. The zero-order chi connectivity index (χ0) is 13.8. The van der Waals surface area contributed by atoms with E-state index in [0.717, 1.165) is 9.13 Å². The summed E-state index contributed by atoms with van der Waals surface area (Å²) in [5.41, 5.74) is 3.50. The van der Waals surface area contributed by atoms with Gasteiger partial charge in [-0.1, -0.05) is 29.8 Å². The average Bonchev–Trinajstić information content (AvgIpc) is 2.71. The molecule has 0 bridgehead atoms. The van der Waals surface area contributed by atoms with Crippen molar-refractivity contribution in [1.29, 1.82) is 0 Å². The molecule has 0 unspecified atom stereocenters. The topological polar surface area (TPSA) is 59.3 Å². The van der Waals surface area contributed by atoms with Crippen LogP contribution in [0.3, 0.4) is 0 Å². The second-order valence-corrected chi connectivity index (χ2v) is 5.29. The molecular weight excluding hydrogens is 379 g/mol. The Kier molecular flexibility index (Phi) is 4.54. The first-order valence-electron chi connectivity index (χ1n) is 5.35. The molecule has 1 aromatic heterocycles. The van der Waals surface area contributed by atoms with Gasteiger partial charge in [0.25, 0.3) is 5.91 Å². The Morgan fingerprint density at radius 1 is 1.53 bits per heavy atom. The van der Waals surface area contributed by atoms with Gasteiger partial charge in [-0.2, -0.15) is 10.2 Å².